The van der Waals surface area contributed by atoms with E-state index in [4.69, 9.17) is 28.3 Å². The highest BCUT2D eigenvalue weighted by Gasteiger charge is 2.12. The molecule has 1 aromatic rings. The third-order valence-electron chi connectivity index (χ3n) is 1.39. The standard InChI is InChI=1S/C8H6Cl2O3S/c9-5-1-2-6(10)7(3-5)14(13)4-8(11)12/h1-3H,4H2,(H,11,12). The number of benzene rings is 1. The van der Waals surface area contributed by atoms with Gasteiger partial charge in [0.05, 0.1) is 20.7 Å². The second kappa shape index (κ2) is 4.77. The summed E-state index contributed by atoms with van der Waals surface area (Å²) in [5, 5.41) is 9.07. The van der Waals surface area contributed by atoms with Crippen molar-refractivity contribution in [1.29, 1.82) is 0 Å². The quantitative estimate of drug-likeness (QED) is 0.898. The zero-order valence-electron chi connectivity index (χ0n) is 6.87. The van der Waals surface area contributed by atoms with Gasteiger partial charge in [0.1, 0.15) is 5.75 Å². The monoisotopic (exact) mass is 252 g/mol. The van der Waals surface area contributed by atoms with Crippen LogP contribution in [0.4, 0.5) is 0 Å². The van der Waals surface area contributed by atoms with Gasteiger partial charge >= 0.3 is 5.97 Å². The normalized spacial score (nSPS) is 12.4. The molecule has 1 rings (SSSR count). The van der Waals surface area contributed by atoms with E-state index in [1.165, 1.54) is 12.1 Å². The fourth-order valence-corrected chi connectivity index (χ4v) is 2.38. The van der Waals surface area contributed by atoms with Gasteiger partial charge in [-0.25, -0.2) is 0 Å². The Morgan fingerprint density at radius 2 is 2.07 bits per heavy atom. The van der Waals surface area contributed by atoms with Crippen LogP contribution in [0, 0.1) is 0 Å². The van der Waals surface area contributed by atoms with Crippen LogP contribution >= 0.6 is 23.2 Å². The summed E-state index contributed by atoms with van der Waals surface area (Å²) >= 11 is 11.4. The maximum atomic E-state index is 11.4. The Balaban J connectivity index is 3.00. The Hall–Kier alpha value is -0.580. The summed E-state index contributed by atoms with van der Waals surface area (Å²) in [6.45, 7) is 0. The van der Waals surface area contributed by atoms with Crippen LogP contribution in [0.5, 0.6) is 0 Å². The number of rotatable bonds is 3. The summed E-state index contributed by atoms with van der Waals surface area (Å²) in [7, 11) is -1.65. The van der Waals surface area contributed by atoms with Crippen LogP contribution in [0.2, 0.25) is 10.0 Å². The lowest BCUT2D eigenvalue weighted by molar-refractivity contribution is -0.133. The van der Waals surface area contributed by atoms with Crippen molar-refractivity contribution in [2.75, 3.05) is 5.75 Å². The molecule has 1 atom stereocenters. The number of carboxylic acid groups (broad SMARTS) is 1. The van der Waals surface area contributed by atoms with E-state index in [0.717, 1.165) is 0 Å². The molecule has 0 aliphatic carbocycles. The summed E-state index contributed by atoms with van der Waals surface area (Å²) in [5.41, 5.74) is 0. The van der Waals surface area contributed by atoms with E-state index in [9.17, 15) is 9.00 Å². The Morgan fingerprint density at radius 1 is 1.43 bits per heavy atom. The predicted molar refractivity (Wildman–Crippen MR) is 55.4 cm³/mol. The number of carboxylic acids is 1. The fraction of sp³-hybridized carbons (Fsp3) is 0.125. The maximum absolute atomic E-state index is 11.4. The Labute approximate surface area is 93.1 Å². The van der Waals surface area contributed by atoms with Crippen molar-refractivity contribution < 1.29 is 14.1 Å². The van der Waals surface area contributed by atoms with Crippen molar-refractivity contribution in [2.24, 2.45) is 0 Å². The van der Waals surface area contributed by atoms with Gasteiger partial charge in [-0.2, -0.15) is 0 Å². The van der Waals surface area contributed by atoms with E-state index in [-0.39, 0.29) is 9.92 Å². The topological polar surface area (TPSA) is 54.4 Å². The number of carbonyl (C=O) groups is 1. The van der Waals surface area contributed by atoms with Gasteiger partial charge in [0, 0.05) is 5.02 Å². The minimum absolute atomic E-state index is 0.251. The van der Waals surface area contributed by atoms with Gasteiger partial charge in [-0.1, -0.05) is 23.2 Å². The van der Waals surface area contributed by atoms with Crippen LogP contribution in [0.3, 0.4) is 0 Å². The Morgan fingerprint density at radius 3 is 2.64 bits per heavy atom. The molecule has 1 N–H and O–H groups in total. The highest BCUT2D eigenvalue weighted by molar-refractivity contribution is 7.85. The molecule has 0 saturated heterocycles. The molecule has 0 aromatic heterocycles. The number of hydrogen-bond donors (Lipinski definition) is 1. The summed E-state index contributed by atoms with van der Waals surface area (Å²) in [5.74, 6) is -1.61. The molecule has 0 spiro atoms. The minimum atomic E-state index is -1.65. The Bertz CT molecular complexity index is 392. The SMILES string of the molecule is O=C(O)CS(=O)c1cc(Cl)ccc1Cl. The van der Waals surface area contributed by atoms with E-state index in [0.29, 0.717) is 5.02 Å². The smallest absolute Gasteiger partial charge is 0.316 e. The van der Waals surface area contributed by atoms with Crippen LogP contribution < -0.4 is 0 Å². The lowest BCUT2D eigenvalue weighted by atomic mass is 10.4. The molecule has 0 saturated carbocycles. The number of hydrogen-bond acceptors (Lipinski definition) is 2. The summed E-state index contributed by atoms with van der Waals surface area (Å²) in [6.07, 6.45) is 0. The molecule has 0 radical (unpaired) electrons. The van der Waals surface area contributed by atoms with Crippen molar-refractivity contribution in [3.63, 3.8) is 0 Å². The van der Waals surface area contributed by atoms with E-state index in [2.05, 4.69) is 0 Å². The molecule has 76 valence electrons. The van der Waals surface area contributed by atoms with Crippen LogP contribution in [0.15, 0.2) is 23.1 Å². The first-order valence-electron chi connectivity index (χ1n) is 3.56. The van der Waals surface area contributed by atoms with Crippen molar-refractivity contribution >= 4 is 40.0 Å². The summed E-state index contributed by atoms with van der Waals surface area (Å²) in [6, 6.07) is 4.44. The second-order valence-electron chi connectivity index (χ2n) is 2.46. The lowest BCUT2D eigenvalue weighted by Gasteiger charge is -2.02. The average molecular weight is 253 g/mol. The number of aliphatic carboxylic acids is 1. The molecule has 0 bridgehead atoms. The molecule has 0 fully saturated rings. The fourth-order valence-electron chi connectivity index (χ4n) is 0.842. The van der Waals surface area contributed by atoms with Gasteiger partial charge in [-0.3, -0.25) is 9.00 Å². The molecule has 6 heteroatoms. The van der Waals surface area contributed by atoms with E-state index < -0.39 is 22.5 Å². The lowest BCUT2D eigenvalue weighted by Crippen LogP contribution is -2.09. The molecule has 3 nitrogen and oxygen atoms in total. The first-order valence-corrected chi connectivity index (χ1v) is 5.63. The molecule has 14 heavy (non-hydrogen) atoms. The van der Waals surface area contributed by atoms with Gasteiger partial charge in [0.25, 0.3) is 0 Å². The van der Waals surface area contributed by atoms with E-state index >= 15 is 0 Å². The third kappa shape index (κ3) is 2.97. The van der Waals surface area contributed by atoms with Crippen molar-refractivity contribution in [1.82, 2.24) is 0 Å². The van der Waals surface area contributed by atoms with Crippen LogP contribution in [0.25, 0.3) is 0 Å². The predicted octanol–water partition coefficient (Wildman–Crippen LogP) is 2.19. The van der Waals surface area contributed by atoms with Gasteiger partial charge < -0.3 is 5.11 Å². The van der Waals surface area contributed by atoms with Crippen molar-refractivity contribution in [3.05, 3.63) is 28.2 Å². The first-order chi connectivity index (χ1) is 6.50. The van der Waals surface area contributed by atoms with Crippen LogP contribution in [-0.2, 0) is 15.6 Å². The largest absolute Gasteiger partial charge is 0.481 e. The van der Waals surface area contributed by atoms with E-state index in [1.807, 2.05) is 0 Å². The minimum Gasteiger partial charge on any atom is -0.481 e. The molecule has 1 aromatic carbocycles. The molecule has 0 heterocycles. The molecule has 0 aliphatic heterocycles. The molecular weight excluding hydrogens is 247 g/mol. The second-order valence-corrected chi connectivity index (χ2v) is 4.72. The van der Waals surface area contributed by atoms with Crippen LogP contribution in [0.1, 0.15) is 0 Å². The summed E-state index contributed by atoms with van der Waals surface area (Å²) < 4.78 is 11.4. The maximum Gasteiger partial charge on any atom is 0.316 e. The zero-order chi connectivity index (χ0) is 10.7. The first kappa shape index (κ1) is 11.5. The molecule has 0 aliphatic rings. The average Bonchev–Trinajstić information content (AvgIpc) is 2.08. The van der Waals surface area contributed by atoms with Crippen molar-refractivity contribution in [2.45, 2.75) is 4.90 Å². The van der Waals surface area contributed by atoms with E-state index in [1.54, 1.807) is 6.07 Å². The molecule has 0 amide bonds. The van der Waals surface area contributed by atoms with Gasteiger partial charge in [-0.15, -0.1) is 0 Å². The molecule has 1 unspecified atom stereocenters. The molecular formula is C8H6Cl2O3S. The highest BCUT2D eigenvalue weighted by atomic mass is 35.5. The highest BCUT2D eigenvalue weighted by Crippen LogP contribution is 2.23. The third-order valence-corrected chi connectivity index (χ3v) is 3.41. The Kier molecular flexibility index (Phi) is 3.92. The van der Waals surface area contributed by atoms with Gasteiger partial charge in [0.15, 0.2) is 0 Å². The van der Waals surface area contributed by atoms with Gasteiger partial charge in [-0.05, 0) is 18.2 Å². The van der Waals surface area contributed by atoms with Crippen LogP contribution in [-0.4, -0.2) is 21.0 Å². The zero-order valence-corrected chi connectivity index (χ0v) is 9.20. The summed E-state index contributed by atoms with van der Waals surface area (Å²) in [4.78, 5) is 10.6. The van der Waals surface area contributed by atoms with Gasteiger partial charge in [0.2, 0.25) is 0 Å². The van der Waals surface area contributed by atoms with Crippen molar-refractivity contribution in [3.8, 4) is 0 Å². The number of halogens is 2.